The Balaban J connectivity index is 4.29. The third-order valence-corrected chi connectivity index (χ3v) is 1.72. The fraction of sp³-hybridized carbons (Fsp3) is 0.714. The second kappa shape index (κ2) is 4.37. The van der Waals surface area contributed by atoms with Crippen LogP contribution in [-0.2, 0) is 0 Å². The second-order valence-corrected chi connectivity index (χ2v) is 2.68. The van der Waals surface area contributed by atoms with E-state index in [0.29, 0.717) is 6.42 Å². The molecule has 0 saturated heterocycles. The van der Waals surface area contributed by atoms with Gasteiger partial charge in [0.15, 0.2) is 0 Å². The van der Waals surface area contributed by atoms with Gasteiger partial charge in [-0.2, -0.15) is 0 Å². The number of hydrogen-bond donors (Lipinski definition) is 3. The van der Waals surface area contributed by atoms with Crippen molar-refractivity contribution in [3.8, 4) is 0 Å². The van der Waals surface area contributed by atoms with Crippen LogP contribution in [0.1, 0.15) is 12.8 Å². The van der Waals surface area contributed by atoms with Gasteiger partial charge in [0.2, 0.25) is 0 Å². The molecule has 12 heavy (non-hydrogen) atoms. The first-order valence-corrected chi connectivity index (χ1v) is 3.60. The molecule has 1 atom stereocenters. The van der Waals surface area contributed by atoms with Gasteiger partial charge in [-0.1, -0.05) is 6.58 Å². The van der Waals surface area contributed by atoms with E-state index in [0.717, 1.165) is 0 Å². The Kier molecular flexibility index (Phi) is 4.12. The Hall–Kier alpha value is -0.680. The molecule has 0 fully saturated rings. The fourth-order valence-corrected chi connectivity index (χ4v) is 0.774. The molecule has 0 heterocycles. The summed E-state index contributed by atoms with van der Waals surface area (Å²) < 4.78 is 24.5. The molecule has 0 bridgehead atoms. The Bertz CT molecular complexity index is 163. The first-order chi connectivity index (χ1) is 5.45. The average Bonchev–Trinajstić information content (AvgIpc) is 1.99. The van der Waals surface area contributed by atoms with Gasteiger partial charge in [-0.05, 0) is 19.4 Å². The van der Waals surface area contributed by atoms with Crippen molar-refractivity contribution in [1.82, 2.24) is 0 Å². The van der Waals surface area contributed by atoms with Gasteiger partial charge >= 0.3 is 0 Å². The average molecular weight is 180 g/mol. The Morgan fingerprint density at radius 3 is 2.33 bits per heavy atom. The molecule has 5 heteroatoms. The Morgan fingerprint density at radius 1 is 1.58 bits per heavy atom. The van der Waals surface area contributed by atoms with Crippen molar-refractivity contribution < 1.29 is 13.9 Å². The third-order valence-electron chi connectivity index (χ3n) is 1.72. The SMILES string of the molecule is C=C(O)C(N)(CCCN)C(F)F. The summed E-state index contributed by atoms with van der Waals surface area (Å²) in [5.41, 5.74) is 8.34. The number of hydrogen-bond acceptors (Lipinski definition) is 3. The summed E-state index contributed by atoms with van der Waals surface area (Å²) in [4.78, 5) is 0. The molecule has 0 aromatic heterocycles. The molecule has 0 aliphatic heterocycles. The van der Waals surface area contributed by atoms with Crippen molar-refractivity contribution in [2.45, 2.75) is 24.8 Å². The van der Waals surface area contributed by atoms with Crippen molar-refractivity contribution in [3.63, 3.8) is 0 Å². The summed E-state index contributed by atoms with van der Waals surface area (Å²) in [6.07, 6.45) is -2.54. The normalized spacial score (nSPS) is 16.1. The largest absolute Gasteiger partial charge is 0.511 e. The number of nitrogens with two attached hydrogens (primary N) is 2. The van der Waals surface area contributed by atoms with Crippen LogP contribution >= 0.6 is 0 Å². The molecule has 0 saturated carbocycles. The van der Waals surface area contributed by atoms with Gasteiger partial charge < -0.3 is 16.6 Å². The zero-order valence-corrected chi connectivity index (χ0v) is 6.76. The van der Waals surface area contributed by atoms with E-state index in [1.807, 2.05) is 0 Å². The topological polar surface area (TPSA) is 72.3 Å². The van der Waals surface area contributed by atoms with E-state index in [2.05, 4.69) is 6.58 Å². The van der Waals surface area contributed by atoms with Gasteiger partial charge in [-0.25, -0.2) is 8.78 Å². The summed E-state index contributed by atoms with van der Waals surface area (Å²) in [5, 5.41) is 8.83. The number of alkyl halides is 2. The van der Waals surface area contributed by atoms with Crippen LogP contribution < -0.4 is 11.5 Å². The van der Waals surface area contributed by atoms with Crippen LogP contribution in [0.3, 0.4) is 0 Å². The molecule has 5 N–H and O–H groups in total. The molecule has 3 nitrogen and oxygen atoms in total. The highest BCUT2D eigenvalue weighted by Crippen LogP contribution is 2.24. The molecular formula is C7H14F2N2O. The van der Waals surface area contributed by atoms with Crippen LogP contribution in [0.5, 0.6) is 0 Å². The molecular weight excluding hydrogens is 166 g/mol. The molecule has 0 amide bonds. The fourth-order valence-electron chi connectivity index (χ4n) is 0.774. The number of aliphatic hydroxyl groups excluding tert-OH is 1. The quantitative estimate of drug-likeness (QED) is 0.547. The summed E-state index contributed by atoms with van der Waals surface area (Å²) in [7, 11) is 0. The summed E-state index contributed by atoms with van der Waals surface area (Å²) in [6, 6.07) is 0. The van der Waals surface area contributed by atoms with Crippen molar-refractivity contribution in [2.24, 2.45) is 11.5 Å². The minimum absolute atomic E-state index is 0.0590. The van der Waals surface area contributed by atoms with E-state index in [1.165, 1.54) is 0 Å². The van der Waals surface area contributed by atoms with Gasteiger partial charge in [0, 0.05) is 0 Å². The van der Waals surface area contributed by atoms with Crippen molar-refractivity contribution in [1.29, 1.82) is 0 Å². The first kappa shape index (κ1) is 11.3. The molecule has 0 aliphatic carbocycles. The van der Waals surface area contributed by atoms with Crippen molar-refractivity contribution in [2.75, 3.05) is 6.54 Å². The maximum atomic E-state index is 12.3. The van der Waals surface area contributed by atoms with Crippen LogP contribution in [0.4, 0.5) is 8.78 Å². The molecule has 72 valence electrons. The summed E-state index contributed by atoms with van der Waals surface area (Å²) >= 11 is 0. The lowest BCUT2D eigenvalue weighted by Crippen LogP contribution is -2.48. The van der Waals surface area contributed by atoms with Crippen LogP contribution in [0.25, 0.3) is 0 Å². The van der Waals surface area contributed by atoms with Crippen molar-refractivity contribution in [3.05, 3.63) is 12.3 Å². The molecule has 1 unspecified atom stereocenters. The van der Waals surface area contributed by atoms with Gasteiger partial charge in [0.1, 0.15) is 11.3 Å². The zero-order chi connectivity index (χ0) is 9.78. The summed E-state index contributed by atoms with van der Waals surface area (Å²) in [5.74, 6) is -0.689. The van der Waals surface area contributed by atoms with Crippen LogP contribution in [-0.4, -0.2) is 23.6 Å². The zero-order valence-electron chi connectivity index (χ0n) is 6.76. The molecule has 0 radical (unpaired) electrons. The van der Waals surface area contributed by atoms with E-state index >= 15 is 0 Å². The lowest BCUT2D eigenvalue weighted by atomic mass is 9.93. The highest BCUT2D eigenvalue weighted by molar-refractivity contribution is 5.09. The highest BCUT2D eigenvalue weighted by Gasteiger charge is 2.38. The molecule has 0 aromatic rings. The standard InChI is InChI=1S/C7H14F2N2O/c1-5(12)7(11,6(8)9)3-2-4-10/h6,12H,1-4,10-11H2. The Morgan fingerprint density at radius 2 is 2.08 bits per heavy atom. The van der Waals surface area contributed by atoms with Crippen LogP contribution in [0.15, 0.2) is 12.3 Å². The highest BCUT2D eigenvalue weighted by atomic mass is 19.3. The van der Waals surface area contributed by atoms with Gasteiger partial charge in [0.05, 0.1) is 0 Å². The van der Waals surface area contributed by atoms with Crippen LogP contribution in [0, 0.1) is 0 Å². The van der Waals surface area contributed by atoms with E-state index in [9.17, 15) is 8.78 Å². The van der Waals surface area contributed by atoms with E-state index in [1.54, 1.807) is 0 Å². The molecule has 0 spiro atoms. The maximum absolute atomic E-state index is 12.3. The maximum Gasteiger partial charge on any atom is 0.263 e. The second-order valence-electron chi connectivity index (χ2n) is 2.68. The molecule has 0 aromatic carbocycles. The number of rotatable bonds is 5. The van der Waals surface area contributed by atoms with E-state index in [4.69, 9.17) is 16.6 Å². The van der Waals surface area contributed by atoms with E-state index < -0.39 is 17.7 Å². The monoisotopic (exact) mass is 180 g/mol. The minimum Gasteiger partial charge on any atom is -0.511 e. The smallest absolute Gasteiger partial charge is 0.263 e. The van der Waals surface area contributed by atoms with Gasteiger partial charge in [-0.15, -0.1) is 0 Å². The lowest BCUT2D eigenvalue weighted by Gasteiger charge is -2.26. The lowest BCUT2D eigenvalue weighted by molar-refractivity contribution is 0.0450. The predicted molar refractivity (Wildman–Crippen MR) is 43.0 cm³/mol. The van der Waals surface area contributed by atoms with Crippen molar-refractivity contribution >= 4 is 0 Å². The third kappa shape index (κ3) is 2.42. The molecule has 0 aliphatic rings. The minimum atomic E-state index is -2.82. The van der Waals surface area contributed by atoms with Crippen LogP contribution in [0.2, 0.25) is 0 Å². The van der Waals surface area contributed by atoms with E-state index in [-0.39, 0.29) is 13.0 Å². The molecule has 0 rings (SSSR count). The number of halogens is 2. The van der Waals surface area contributed by atoms with Gasteiger partial charge in [-0.3, -0.25) is 0 Å². The number of aliphatic hydroxyl groups is 1. The van der Waals surface area contributed by atoms with Gasteiger partial charge in [0.25, 0.3) is 6.43 Å². The Labute approximate surface area is 70.0 Å². The summed E-state index contributed by atoms with van der Waals surface area (Å²) in [6.45, 7) is 3.27. The first-order valence-electron chi connectivity index (χ1n) is 3.60. The predicted octanol–water partition coefficient (Wildman–Crippen LogP) is 0.760.